The van der Waals surface area contributed by atoms with E-state index < -0.39 is 12.1 Å². The van der Waals surface area contributed by atoms with Crippen LogP contribution in [0.25, 0.3) is 0 Å². The summed E-state index contributed by atoms with van der Waals surface area (Å²) in [6.07, 6.45) is -5.08. The van der Waals surface area contributed by atoms with E-state index in [9.17, 15) is 13.2 Å². The Balaban J connectivity index is 0.000000480. The van der Waals surface area contributed by atoms with Gasteiger partial charge in [0.25, 0.3) is 0 Å². The Morgan fingerprint density at radius 2 is 1.07 bits per heavy atom. The SMILES string of the molecule is COc1ccc(Oc2ccc(OC)c(OC)c2)cc1OC.O=C(O)C(F)(F)F. The maximum Gasteiger partial charge on any atom is 0.490 e. The number of alkyl halides is 3. The summed E-state index contributed by atoms with van der Waals surface area (Å²) in [5.74, 6) is 1.03. The van der Waals surface area contributed by atoms with Gasteiger partial charge >= 0.3 is 12.1 Å². The van der Waals surface area contributed by atoms with Crippen LogP contribution in [0.2, 0.25) is 0 Å². The second-order valence-corrected chi connectivity index (χ2v) is 4.94. The largest absolute Gasteiger partial charge is 0.493 e. The van der Waals surface area contributed by atoms with Gasteiger partial charge in [-0.15, -0.1) is 0 Å². The van der Waals surface area contributed by atoms with Crippen LogP contribution in [0.5, 0.6) is 34.5 Å². The minimum absolute atomic E-state index is 0.607. The first kappa shape index (κ1) is 22.7. The maximum absolute atomic E-state index is 10.6. The Bertz CT molecular complexity index is 738. The molecular formula is C18H19F3O7. The highest BCUT2D eigenvalue weighted by Crippen LogP contribution is 2.36. The Morgan fingerprint density at radius 1 is 0.750 bits per heavy atom. The number of aliphatic carboxylic acids is 1. The van der Waals surface area contributed by atoms with E-state index in [-0.39, 0.29) is 0 Å². The number of methoxy groups -OCH3 is 4. The predicted octanol–water partition coefficient (Wildman–Crippen LogP) is 4.15. The number of rotatable bonds is 6. The lowest BCUT2D eigenvalue weighted by Crippen LogP contribution is -2.21. The van der Waals surface area contributed by atoms with E-state index in [0.29, 0.717) is 34.5 Å². The quantitative estimate of drug-likeness (QED) is 0.774. The first-order chi connectivity index (χ1) is 13.2. The molecule has 0 radical (unpaired) electrons. The van der Waals surface area contributed by atoms with Crippen LogP contribution in [-0.4, -0.2) is 45.7 Å². The molecule has 0 fully saturated rings. The van der Waals surface area contributed by atoms with Crippen molar-refractivity contribution >= 4 is 5.97 Å². The van der Waals surface area contributed by atoms with Gasteiger partial charge in [-0.05, 0) is 24.3 Å². The molecule has 10 heteroatoms. The monoisotopic (exact) mass is 404 g/mol. The summed E-state index contributed by atoms with van der Waals surface area (Å²) in [4.78, 5) is 8.90. The van der Waals surface area contributed by atoms with E-state index in [1.165, 1.54) is 0 Å². The van der Waals surface area contributed by atoms with Crippen LogP contribution in [-0.2, 0) is 4.79 Å². The van der Waals surface area contributed by atoms with Gasteiger partial charge in [0.05, 0.1) is 28.4 Å². The van der Waals surface area contributed by atoms with Gasteiger partial charge in [-0.3, -0.25) is 0 Å². The molecule has 0 aliphatic rings. The zero-order chi connectivity index (χ0) is 21.3. The Kier molecular flexibility index (Phi) is 8.24. The third-order valence-electron chi connectivity index (χ3n) is 3.19. The summed E-state index contributed by atoms with van der Waals surface area (Å²) in [6, 6.07) is 10.7. The fraction of sp³-hybridized carbons (Fsp3) is 0.278. The highest BCUT2D eigenvalue weighted by molar-refractivity contribution is 5.73. The number of halogens is 3. The molecular weight excluding hydrogens is 385 g/mol. The minimum atomic E-state index is -5.08. The molecule has 0 aliphatic carbocycles. The lowest BCUT2D eigenvalue weighted by molar-refractivity contribution is -0.192. The summed E-state index contributed by atoms with van der Waals surface area (Å²) in [6.45, 7) is 0. The van der Waals surface area contributed by atoms with Gasteiger partial charge in [0, 0.05) is 12.1 Å². The van der Waals surface area contributed by atoms with Gasteiger partial charge in [-0.1, -0.05) is 0 Å². The molecule has 0 spiro atoms. The van der Waals surface area contributed by atoms with E-state index in [4.69, 9.17) is 33.6 Å². The molecule has 0 heterocycles. The number of carbonyl (C=O) groups is 1. The minimum Gasteiger partial charge on any atom is -0.493 e. The Labute approximate surface area is 159 Å². The number of hydrogen-bond acceptors (Lipinski definition) is 6. The second-order valence-electron chi connectivity index (χ2n) is 4.94. The third kappa shape index (κ3) is 6.45. The van der Waals surface area contributed by atoms with Crippen LogP contribution in [0.1, 0.15) is 0 Å². The first-order valence-electron chi connectivity index (χ1n) is 7.58. The molecule has 2 rings (SSSR count). The molecule has 2 aromatic rings. The van der Waals surface area contributed by atoms with Crippen LogP contribution in [0.4, 0.5) is 13.2 Å². The molecule has 0 saturated carbocycles. The molecule has 2 aromatic carbocycles. The summed E-state index contributed by atoms with van der Waals surface area (Å²) in [5.41, 5.74) is 0. The van der Waals surface area contributed by atoms with Gasteiger partial charge < -0.3 is 28.8 Å². The van der Waals surface area contributed by atoms with E-state index in [1.54, 1.807) is 64.8 Å². The molecule has 0 unspecified atom stereocenters. The van der Waals surface area contributed by atoms with Gasteiger partial charge in [0.2, 0.25) is 0 Å². The molecule has 0 atom stereocenters. The van der Waals surface area contributed by atoms with Crippen LogP contribution in [0, 0.1) is 0 Å². The number of carboxylic acid groups (broad SMARTS) is 1. The van der Waals surface area contributed by atoms with Crippen molar-refractivity contribution in [2.45, 2.75) is 6.18 Å². The predicted molar refractivity (Wildman–Crippen MR) is 92.9 cm³/mol. The average molecular weight is 404 g/mol. The number of carboxylic acids is 1. The highest BCUT2D eigenvalue weighted by Gasteiger charge is 2.38. The lowest BCUT2D eigenvalue weighted by atomic mass is 10.2. The first-order valence-corrected chi connectivity index (χ1v) is 7.58. The smallest absolute Gasteiger partial charge is 0.490 e. The van der Waals surface area contributed by atoms with Crippen molar-refractivity contribution in [2.24, 2.45) is 0 Å². The van der Waals surface area contributed by atoms with E-state index >= 15 is 0 Å². The van der Waals surface area contributed by atoms with Crippen molar-refractivity contribution in [1.29, 1.82) is 0 Å². The molecule has 0 amide bonds. The van der Waals surface area contributed by atoms with Crippen LogP contribution >= 0.6 is 0 Å². The van der Waals surface area contributed by atoms with Crippen molar-refractivity contribution in [3.8, 4) is 34.5 Å². The highest BCUT2D eigenvalue weighted by atomic mass is 19.4. The van der Waals surface area contributed by atoms with E-state index in [2.05, 4.69) is 0 Å². The second kappa shape index (κ2) is 10.1. The number of ether oxygens (including phenoxy) is 5. The van der Waals surface area contributed by atoms with Crippen LogP contribution < -0.4 is 23.7 Å². The van der Waals surface area contributed by atoms with Crippen molar-refractivity contribution in [3.05, 3.63) is 36.4 Å². The standard InChI is InChI=1S/C16H18O5.C2HF3O2/c1-17-13-7-5-11(9-15(13)19-3)21-12-6-8-14(18-2)16(10-12)20-4;3-2(4,5)1(6)7/h5-10H,1-4H3;(H,6,7). The normalized spacial score (nSPS) is 10.2. The summed E-state index contributed by atoms with van der Waals surface area (Å²) in [5, 5.41) is 7.12. The van der Waals surface area contributed by atoms with Crippen LogP contribution in [0.3, 0.4) is 0 Å². The van der Waals surface area contributed by atoms with Gasteiger partial charge in [-0.2, -0.15) is 13.2 Å². The van der Waals surface area contributed by atoms with Crippen molar-refractivity contribution in [3.63, 3.8) is 0 Å². The van der Waals surface area contributed by atoms with Crippen molar-refractivity contribution in [1.82, 2.24) is 0 Å². The molecule has 7 nitrogen and oxygen atoms in total. The van der Waals surface area contributed by atoms with Crippen LogP contribution in [0.15, 0.2) is 36.4 Å². The third-order valence-corrected chi connectivity index (χ3v) is 3.19. The Hall–Kier alpha value is -3.30. The molecule has 0 bridgehead atoms. The number of hydrogen-bond donors (Lipinski definition) is 1. The molecule has 1 N–H and O–H groups in total. The summed E-state index contributed by atoms with van der Waals surface area (Å²) >= 11 is 0. The van der Waals surface area contributed by atoms with Crippen molar-refractivity contribution < 1.29 is 46.8 Å². The molecule has 28 heavy (non-hydrogen) atoms. The van der Waals surface area contributed by atoms with Gasteiger partial charge in [-0.25, -0.2) is 4.79 Å². The fourth-order valence-corrected chi connectivity index (χ4v) is 1.90. The fourth-order valence-electron chi connectivity index (χ4n) is 1.90. The van der Waals surface area contributed by atoms with Gasteiger partial charge in [0.1, 0.15) is 11.5 Å². The topological polar surface area (TPSA) is 83.5 Å². The van der Waals surface area contributed by atoms with Gasteiger partial charge in [0.15, 0.2) is 23.0 Å². The maximum atomic E-state index is 10.6. The zero-order valence-corrected chi connectivity index (χ0v) is 15.5. The average Bonchev–Trinajstić information content (AvgIpc) is 2.67. The molecule has 0 aromatic heterocycles. The van der Waals surface area contributed by atoms with E-state index in [1.807, 2.05) is 0 Å². The van der Waals surface area contributed by atoms with Crippen molar-refractivity contribution in [2.75, 3.05) is 28.4 Å². The molecule has 154 valence electrons. The lowest BCUT2D eigenvalue weighted by Gasteiger charge is -2.12. The molecule has 0 saturated heterocycles. The molecule has 0 aliphatic heterocycles. The zero-order valence-electron chi connectivity index (χ0n) is 15.5. The van der Waals surface area contributed by atoms with E-state index in [0.717, 1.165) is 0 Å². The summed E-state index contributed by atoms with van der Waals surface area (Å²) in [7, 11) is 6.34. The number of benzene rings is 2. The summed E-state index contributed by atoms with van der Waals surface area (Å²) < 4.78 is 58.4. The Morgan fingerprint density at radius 3 is 1.32 bits per heavy atom.